The highest BCUT2D eigenvalue weighted by atomic mass is 32.1. The van der Waals surface area contributed by atoms with Crippen LogP contribution in [0.1, 0.15) is 23.7 Å². The Bertz CT molecular complexity index is 644. The molecule has 1 aromatic carbocycles. The number of thiophene rings is 1. The number of anilines is 1. The normalized spacial score (nSPS) is 12.7. The van der Waals surface area contributed by atoms with Gasteiger partial charge in [-0.25, -0.2) is 4.79 Å². The third-order valence-corrected chi connectivity index (χ3v) is 3.78. The number of aliphatic hydroxyl groups excluding tert-OH is 1. The summed E-state index contributed by atoms with van der Waals surface area (Å²) in [6, 6.07) is 5.55. The quantitative estimate of drug-likeness (QED) is 0.767. The maximum Gasteiger partial charge on any atom is 0.416 e. The smallest absolute Gasteiger partial charge is 0.388 e. The van der Waals surface area contributed by atoms with E-state index < -0.39 is 23.9 Å². The summed E-state index contributed by atoms with van der Waals surface area (Å²) in [5, 5.41) is 18.3. The third-order valence-electron chi connectivity index (χ3n) is 3.08. The van der Waals surface area contributed by atoms with Crippen LogP contribution in [0.5, 0.6) is 0 Å². The van der Waals surface area contributed by atoms with Crippen molar-refractivity contribution in [2.45, 2.75) is 18.7 Å². The Balaban J connectivity index is 1.81. The van der Waals surface area contributed by atoms with Crippen LogP contribution in [0.25, 0.3) is 0 Å². The molecule has 0 aliphatic heterocycles. The lowest BCUT2D eigenvalue weighted by molar-refractivity contribution is -0.137. The zero-order chi connectivity index (χ0) is 16.9. The zero-order valence-electron chi connectivity index (χ0n) is 11.9. The van der Waals surface area contributed by atoms with Crippen LogP contribution in [-0.4, -0.2) is 17.7 Å². The van der Waals surface area contributed by atoms with E-state index in [-0.39, 0.29) is 12.2 Å². The number of carbonyl (C=O) groups is 1. The van der Waals surface area contributed by atoms with E-state index in [4.69, 9.17) is 0 Å². The standard InChI is InChI=1S/C15H15F3N2O2S/c16-15(17,18)11-2-1-3-12(8-11)20-14(22)19-6-4-13(21)10-5-7-23-9-10/h1-3,5,7-9,13,21H,4,6H2,(H2,19,20,22)/t13-/m1/s1. The Hall–Kier alpha value is -2.06. The first-order valence-electron chi connectivity index (χ1n) is 6.78. The first-order chi connectivity index (χ1) is 10.9. The van der Waals surface area contributed by atoms with E-state index in [1.165, 1.54) is 23.5 Å². The van der Waals surface area contributed by atoms with Crippen molar-refractivity contribution in [2.24, 2.45) is 0 Å². The van der Waals surface area contributed by atoms with E-state index in [1.54, 1.807) is 6.07 Å². The number of urea groups is 1. The SMILES string of the molecule is O=C(NCC[C@@H](O)c1ccsc1)Nc1cccc(C(F)(F)F)c1. The minimum atomic E-state index is -4.46. The lowest BCUT2D eigenvalue weighted by Crippen LogP contribution is -2.30. The third kappa shape index (κ3) is 5.26. The highest BCUT2D eigenvalue weighted by Crippen LogP contribution is 2.30. The van der Waals surface area contributed by atoms with Crippen molar-refractivity contribution < 1.29 is 23.1 Å². The average Bonchev–Trinajstić information content (AvgIpc) is 3.00. The monoisotopic (exact) mass is 344 g/mol. The van der Waals surface area contributed by atoms with Gasteiger partial charge in [-0.05, 0) is 47.0 Å². The number of rotatable bonds is 5. The van der Waals surface area contributed by atoms with Crippen molar-refractivity contribution in [3.63, 3.8) is 0 Å². The summed E-state index contributed by atoms with van der Waals surface area (Å²) in [5.74, 6) is 0. The molecule has 1 heterocycles. The van der Waals surface area contributed by atoms with E-state index in [9.17, 15) is 23.1 Å². The van der Waals surface area contributed by atoms with Gasteiger partial charge in [-0.3, -0.25) is 0 Å². The molecule has 0 saturated heterocycles. The van der Waals surface area contributed by atoms with Crippen LogP contribution in [0.4, 0.5) is 23.7 Å². The van der Waals surface area contributed by atoms with E-state index >= 15 is 0 Å². The summed E-state index contributed by atoms with van der Waals surface area (Å²) >= 11 is 1.46. The maximum atomic E-state index is 12.6. The molecule has 0 aliphatic carbocycles. The summed E-state index contributed by atoms with van der Waals surface area (Å²) in [6.45, 7) is 0.196. The number of nitrogens with one attached hydrogen (secondary N) is 2. The zero-order valence-corrected chi connectivity index (χ0v) is 12.7. The number of halogens is 3. The number of benzene rings is 1. The first-order valence-corrected chi connectivity index (χ1v) is 7.73. The fourth-order valence-corrected chi connectivity index (χ4v) is 2.61. The second kappa shape index (κ2) is 7.47. The number of aliphatic hydroxyl groups is 1. The Morgan fingerprint density at radius 2 is 2.09 bits per heavy atom. The topological polar surface area (TPSA) is 61.4 Å². The van der Waals surface area contributed by atoms with Crippen LogP contribution in [0, 0.1) is 0 Å². The molecule has 124 valence electrons. The lowest BCUT2D eigenvalue weighted by Gasteiger charge is -2.12. The summed E-state index contributed by atoms with van der Waals surface area (Å²) in [4.78, 5) is 11.7. The Morgan fingerprint density at radius 3 is 2.74 bits per heavy atom. The summed E-state index contributed by atoms with van der Waals surface area (Å²) in [7, 11) is 0. The summed E-state index contributed by atoms with van der Waals surface area (Å²) in [5.41, 5.74) is -0.00558. The van der Waals surface area contributed by atoms with E-state index in [0.717, 1.165) is 17.7 Å². The number of alkyl halides is 3. The molecule has 0 bridgehead atoms. The van der Waals surface area contributed by atoms with E-state index in [0.29, 0.717) is 6.42 Å². The van der Waals surface area contributed by atoms with Crippen LogP contribution < -0.4 is 10.6 Å². The van der Waals surface area contributed by atoms with Gasteiger partial charge in [0.25, 0.3) is 0 Å². The van der Waals surface area contributed by atoms with Crippen molar-refractivity contribution in [2.75, 3.05) is 11.9 Å². The van der Waals surface area contributed by atoms with Gasteiger partial charge in [-0.15, -0.1) is 0 Å². The molecule has 0 unspecified atom stereocenters. The summed E-state index contributed by atoms with van der Waals surface area (Å²) in [6.07, 6.45) is -4.83. The second-order valence-corrected chi connectivity index (χ2v) is 5.60. The van der Waals surface area contributed by atoms with Crippen molar-refractivity contribution >= 4 is 23.1 Å². The van der Waals surface area contributed by atoms with Gasteiger partial charge in [-0.2, -0.15) is 24.5 Å². The molecule has 8 heteroatoms. The minimum absolute atomic E-state index is 0.0516. The minimum Gasteiger partial charge on any atom is -0.388 e. The molecule has 0 fully saturated rings. The molecule has 3 N–H and O–H groups in total. The molecule has 2 aromatic rings. The van der Waals surface area contributed by atoms with Gasteiger partial charge in [0.1, 0.15) is 0 Å². The predicted octanol–water partition coefficient (Wildman–Crippen LogP) is 4.01. The molecule has 2 amide bonds. The molecular formula is C15H15F3N2O2S. The number of carbonyl (C=O) groups excluding carboxylic acids is 1. The first kappa shape index (κ1) is 17.3. The van der Waals surface area contributed by atoms with Crippen LogP contribution in [0.15, 0.2) is 41.1 Å². The Kier molecular flexibility index (Phi) is 5.62. The molecule has 0 radical (unpaired) electrons. The highest BCUT2D eigenvalue weighted by molar-refractivity contribution is 7.07. The molecule has 23 heavy (non-hydrogen) atoms. The fourth-order valence-electron chi connectivity index (χ4n) is 1.90. The van der Waals surface area contributed by atoms with Crippen molar-refractivity contribution in [1.82, 2.24) is 5.32 Å². The highest BCUT2D eigenvalue weighted by Gasteiger charge is 2.30. The largest absolute Gasteiger partial charge is 0.416 e. The van der Waals surface area contributed by atoms with Gasteiger partial charge >= 0.3 is 12.2 Å². The Labute approximate surface area is 135 Å². The second-order valence-electron chi connectivity index (χ2n) is 4.82. The number of hydrogen-bond donors (Lipinski definition) is 3. The van der Waals surface area contributed by atoms with Crippen molar-refractivity contribution in [3.05, 3.63) is 52.2 Å². The van der Waals surface area contributed by atoms with Gasteiger partial charge in [0.15, 0.2) is 0 Å². The average molecular weight is 344 g/mol. The molecule has 2 rings (SSSR count). The lowest BCUT2D eigenvalue weighted by atomic mass is 10.1. The van der Waals surface area contributed by atoms with E-state index in [2.05, 4.69) is 10.6 Å². The number of hydrogen-bond acceptors (Lipinski definition) is 3. The van der Waals surface area contributed by atoms with Crippen molar-refractivity contribution in [3.8, 4) is 0 Å². The van der Waals surface area contributed by atoms with Gasteiger partial charge in [0.2, 0.25) is 0 Å². The van der Waals surface area contributed by atoms with Crippen LogP contribution in [0.2, 0.25) is 0 Å². The maximum absolute atomic E-state index is 12.6. The Morgan fingerprint density at radius 1 is 1.30 bits per heavy atom. The van der Waals surface area contributed by atoms with Crippen LogP contribution in [0.3, 0.4) is 0 Å². The fraction of sp³-hybridized carbons (Fsp3) is 0.267. The van der Waals surface area contributed by atoms with Gasteiger partial charge in [-0.1, -0.05) is 6.07 Å². The van der Waals surface area contributed by atoms with Crippen LogP contribution in [-0.2, 0) is 6.18 Å². The molecular weight excluding hydrogens is 329 g/mol. The van der Waals surface area contributed by atoms with E-state index in [1.807, 2.05) is 10.8 Å². The van der Waals surface area contributed by atoms with Gasteiger partial charge < -0.3 is 15.7 Å². The number of amides is 2. The molecule has 4 nitrogen and oxygen atoms in total. The van der Waals surface area contributed by atoms with Gasteiger partial charge in [0, 0.05) is 12.2 Å². The summed E-state index contributed by atoms with van der Waals surface area (Å²) < 4.78 is 37.7. The van der Waals surface area contributed by atoms with Crippen molar-refractivity contribution in [1.29, 1.82) is 0 Å². The molecule has 1 atom stereocenters. The van der Waals surface area contributed by atoms with Gasteiger partial charge in [0.05, 0.1) is 11.7 Å². The molecule has 0 spiro atoms. The van der Waals surface area contributed by atoms with Crippen LogP contribution >= 0.6 is 11.3 Å². The molecule has 1 aromatic heterocycles. The molecule has 0 saturated carbocycles. The molecule has 0 aliphatic rings. The predicted molar refractivity (Wildman–Crippen MR) is 82.4 cm³/mol.